The van der Waals surface area contributed by atoms with Crippen molar-refractivity contribution in [3.8, 4) is 0 Å². The fourth-order valence-corrected chi connectivity index (χ4v) is 1.13. The lowest BCUT2D eigenvalue weighted by Crippen LogP contribution is -2.25. The molecule has 0 aliphatic rings. The molecule has 0 spiro atoms. The van der Waals surface area contributed by atoms with Crippen molar-refractivity contribution in [3.05, 3.63) is 47.3 Å². The third-order valence-electron chi connectivity index (χ3n) is 1.96. The van der Waals surface area contributed by atoms with Crippen LogP contribution in [0.1, 0.15) is 10.4 Å². The van der Waals surface area contributed by atoms with Crippen LogP contribution in [0, 0.1) is 17.5 Å². The molecular weight excluding hydrogens is 233 g/mol. The van der Waals surface area contributed by atoms with Gasteiger partial charge in [-0.3, -0.25) is 4.79 Å². The van der Waals surface area contributed by atoms with Gasteiger partial charge in [-0.15, -0.1) is 0 Å². The van der Waals surface area contributed by atoms with E-state index in [1.54, 1.807) is 12.2 Å². The van der Waals surface area contributed by atoms with Crippen LogP contribution in [-0.2, 0) is 0 Å². The van der Waals surface area contributed by atoms with E-state index >= 15 is 0 Å². The van der Waals surface area contributed by atoms with Crippen LogP contribution in [0.3, 0.4) is 0 Å². The summed E-state index contributed by atoms with van der Waals surface area (Å²) in [5.74, 6) is -5.30. The molecule has 0 aliphatic carbocycles. The molecule has 1 aromatic carbocycles. The van der Waals surface area contributed by atoms with Crippen molar-refractivity contribution >= 4 is 5.91 Å². The van der Waals surface area contributed by atoms with Gasteiger partial charge in [-0.25, -0.2) is 13.2 Å². The van der Waals surface area contributed by atoms with Gasteiger partial charge in [0.05, 0.1) is 5.56 Å². The normalized spacial score (nSPS) is 10.8. The van der Waals surface area contributed by atoms with Gasteiger partial charge >= 0.3 is 0 Å². The standard InChI is InChI=1S/C11H11F3N2O/c12-8-4-3-7(9(13)10(8)14)11(17)16-6-2-1-5-15/h1-4H,5-6,15H2,(H,16,17)/b2-1+. The molecule has 0 aromatic heterocycles. The average Bonchev–Trinajstić information content (AvgIpc) is 2.31. The highest BCUT2D eigenvalue weighted by atomic mass is 19.2. The third-order valence-corrected chi connectivity index (χ3v) is 1.96. The summed E-state index contributed by atoms with van der Waals surface area (Å²) < 4.78 is 38.6. The van der Waals surface area contributed by atoms with Crippen LogP contribution in [0.25, 0.3) is 0 Å². The summed E-state index contributed by atoms with van der Waals surface area (Å²) in [5, 5.41) is 2.31. The van der Waals surface area contributed by atoms with Gasteiger partial charge < -0.3 is 11.1 Å². The number of benzene rings is 1. The highest BCUT2D eigenvalue weighted by molar-refractivity contribution is 5.94. The zero-order chi connectivity index (χ0) is 12.8. The van der Waals surface area contributed by atoms with Crippen molar-refractivity contribution in [2.75, 3.05) is 13.1 Å². The molecule has 0 radical (unpaired) electrons. The third kappa shape index (κ3) is 3.32. The number of nitrogens with two attached hydrogens (primary N) is 1. The van der Waals surface area contributed by atoms with E-state index in [1.165, 1.54) is 0 Å². The van der Waals surface area contributed by atoms with Gasteiger partial charge in [0.1, 0.15) is 0 Å². The molecule has 17 heavy (non-hydrogen) atoms. The summed E-state index contributed by atoms with van der Waals surface area (Å²) in [4.78, 5) is 11.4. The minimum atomic E-state index is -1.66. The quantitative estimate of drug-likeness (QED) is 0.620. The summed E-state index contributed by atoms with van der Waals surface area (Å²) in [6, 6.07) is 1.58. The predicted molar refractivity (Wildman–Crippen MR) is 56.8 cm³/mol. The molecular formula is C11H11F3N2O. The molecule has 0 bridgehead atoms. The number of carbonyl (C=O) groups excluding carboxylic acids is 1. The van der Waals surface area contributed by atoms with Crippen LogP contribution in [0.2, 0.25) is 0 Å². The summed E-state index contributed by atoms with van der Waals surface area (Å²) in [5.41, 5.74) is 4.63. The molecule has 1 amide bonds. The van der Waals surface area contributed by atoms with E-state index in [-0.39, 0.29) is 6.54 Å². The van der Waals surface area contributed by atoms with Crippen molar-refractivity contribution in [2.45, 2.75) is 0 Å². The second-order valence-electron chi connectivity index (χ2n) is 3.14. The number of halogens is 3. The molecule has 92 valence electrons. The second-order valence-corrected chi connectivity index (χ2v) is 3.14. The topological polar surface area (TPSA) is 55.1 Å². The fraction of sp³-hybridized carbons (Fsp3) is 0.182. The first-order valence-corrected chi connectivity index (χ1v) is 4.84. The fourth-order valence-electron chi connectivity index (χ4n) is 1.13. The molecule has 0 heterocycles. The lowest BCUT2D eigenvalue weighted by Gasteiger charge is -2.04. The van der Waals surface area contributed by atoms with E-state index in [0.29, 0.717) is 12.6 Å². The molecule has 0 atom stereocenters. The molecule has 0 saturated heterocycles. The van der Waals surface area contributed by atoms with Gasteiger partial charge in [0.15, 0.2) is 17.5 Å². The van der Waals surface area contributed by atoms with Crippen molar-refractivity contribution < 1.29 is 18.0 Å². The Labute approximate surface area is 96.1 Å². The van der Waals surface area contributed by atoms with Crippen LogP contribution >= 0.6 is 0 Å². The number of hydrogen-bond donors (Lipinski definition) is 2. The summed E-state index contributed by atoms with van der Waals surface area (Å²) >= 11 is 0. The zero-order valence-corrected chi connectivity index (χ0v) is 8.84. The molecule has 3 nitrogen and oxygen atoms in total. The zero-order valence-electron chi connectivity index (χ0n) is 8.84. The summed E-state index contributed by atoms with van der Waals surface area (Å²) in [6.07, 6.45) is 3.16. The predicted octanol–water partition coefficient (Wildman–Crippen LogP) is 1.35. The summed E-state index contributed by atoms with van der Waals surface area (Å²) in [7, 11) is 0. The minimum absolute atomic E-state index is 0.133. The molecule has 0 aliphatic heterocycles. The second kappa shape index (κ2) is 6.05. The molecule has 1 aromatic rings. The van der Waals surface area contributed by atoms with Crippen LogP contribution in [-0.4, -0.2) is 19.0 Å². The minimum Gasteiger partial charge on any atom is -0.348 e. The van der Waals surface area contributed by atoms with Gasteiger partial charge in [-0.05, 0) is 12.1 Å². The number of nitrogens with one attached hydrogen (secondary N) is 1. The van der Waals surface area contributed by atoms with E-state index < -0.39 is 28.9 Å². The van der Waals surface area contributed by atoms with Gasteiger partial charge in [0.25, 0.3) is 5.91 Å². The van der Waals surface area contributed by atoms with Crippen LogP contribution in [0.5, 0.6) is 0 Å². The first-order chi connectivity index (χ1) is 8.07. The Hall–Kier alpha value is -1.82. The SMILES string of the molecule is NC/C=C/CNC(=O)c1ccc(F)c(F)c1F. The Kier molecular flexibility index (Phi) is 4.71. The molecule has 0 saturated carbocycles. The van der Waals surface area contributed by atoms with Gasteiger partial charge in [-0.1, -0.05) is 12.2 Å². The van der Waals surface area contributed by atoms with Gasteiger partial charge in [0, 0.05) is 13.1 Å². The van der Waals surface area contributed by atoms with Crippen LogP contribution in [0.4, 0.5) is 13.2 Å². The highest BCUT2D eigenvalue weighted by Gasteiger charge is 2.17. The maximum absolute atomic E-state index is 13.2. The Morgan fingerprint density at radius 2 is 1.94 bits per heavy atom. The number of amides is 1. The number of rotatable bonds is 4. The van der Waals surface area contributed by atoms with Gasteiger partial charge in [-0.2, -0.15) is 0 Å². The van der Waals surface area contributed by atoms with E-state index in [9.17, 15) is 18.0 Å². The van der Waals surface area contributed by atoms with Crippen LogP contribution < -0.4 is 11.1 Å². The van der Waals surface area contributed by atoms with Crippen molar-refractivity contribution in [3.63, 3.8) is 0 Å². The molecule has 3 N–H and O–H groups in total. The lowest BCUT2D eigenvalue weighted by atomic mass is 10.2. The van der Waals surface area contributed by atoms with Crippen molar-refractivity contribution in [1.29, 1.82) is 0 Å². The van der Waals surface area contributed by atoms with Crippen molar-refractivity contribution in [1.82, 2.24) is 5.32 Å². The Morgan fingerprint density at radius 3 is 2.59 bits per heavy atom. The highest BCUT2D eigenvalue weighted by Crippen LogP contribution is 2.14. The van der Waals surface area contributed by atoms with E-state index in [2.05, 4.69) is 5.32 Å². The average molecular weight is 244 g/mol. The number of hydrogen-bond acceptors (Lipinski definition) is 2. The molecule has 0 unspecified atom stereocenters. The van der Waals surface area contributed by atoms with Gasteiger partial charge in [0.2, 0.25) is 0 Å². The van der Waals surface area contributed by atoms with Crippen LogP contribution in [0.15, 0.2) is 24.3 Å². The molecule has 0 fully saturated rings. The Morgan fingerprint density at radius 1 is 1.24 bits per heavy atom. The Balaban J connectivity index is 2.76. The van der Waals surface area contributed by atoms with E-state index in [1.807, 2.05) is 0 Å². The van der Waals surface area contributed by atoms with E-state index in [0.717, 1.165) is 6.07 Å². The number of carbonyl (C=O) groups is 1. The largest absolute Gasteiger partial charge is 0.348 e. The maximum atomic E-state index is 13.2. The molecule has 1 rings (SSSR count). The maximum Gasteiger partial charge on any atom is 0.254 e. The Bertz CT molecular complexity index is 447. The molecule has 6 heteroatoms. The van der Waals surface area contributed by atoms with Crippen molar-refractivity contribution in [2.24, 2.45) is 5.73 Å². The smallest absolute Gasteiger partial charge is 0.254 e. The lowest BCUT2D eigenvalue weighted by molar-refractivity contribution is 0.0952. The summed E-state index contributed by atoms with van der Waals surface area (Å²) in [6.45, 7) is 0.448. The first kappa shape index (κ1) is 13.2. The monoisotopic (exact) mass is 244 g/mol. The first-order valence-electron chi connectivity index (χ1n) is 4.84. The van der Waals surface area contributed by atoms with E-state index in [4.69, 9.17) is 5.73 Å².